The number of nitriles is 1. The lowest BCUT2D eigenvalue weighted by molar-refractivity contribution is 0.0699. The fourth-order valence-corrected chi connectivity index (χ4v) is 2.75. The van der Waals surface area contributed by atoms with Crippen molar-refractivity contribution in [1.29, 1.82) is 5.26 Å². The zero-order valence-corrected chi connectivity index (χ0v) is 14.6. The molecule has 0 fully saturated rings. The molecule has 27 heavy (non-hydrogen) atoms. The Balaban J connectivity index is 1.98. The number of hydrogen-bond donors (Lipinski definition) is 2. The highest BCUT2D eigenvalue weighted by Gasteiger charge is 2.18. The Morgan fingerprint density at radius 2 is 1.63 bits per heavy atom. The third kappa shape index (κ3) is 3.86. The van der Waals surface area contributed by atoms with Crippen LogP contribution in [0.3, 0.4) is 0 Å². The van der Waals surface area contributed by atoms with Gasteiger partial charge < -0.3 is 10.4 Å². The van der Waals surface area contributed by atoms with E-state index in [1.807, 2.05) is 37.3 Å². The molecule has 3 aromatic rings. The molecular formula is C22H16N2O3. The van der Waals surface area contributed by atoms with Crippen molar-refractivity contribution < 1.29 is 14.7 Å². The van der Waals surface area contributed by atoms with Crippen LogP contribution in [-0.4, -0.2) is 17.0 Å². The van der Waals surface area contributed by atoms with Gasteiger partial charge in [-0.05, 0) is 48.4 Å². The van der Waals surface area contributed by atoms with E-state index in [1.54, 1.807) is 18.2 Å². The maximum absolute atomic E-state index is 12.5. The number of nitrogens with zero attached hydrogens (tertiary/aromatic N) is 1. The van der Waals surface area contributed by atoms with Crippen molar-refractivity contribution in [3.05, 3.63) is 89.0 Å². The molecule has 0 aliphatic rings. The first-order valence-corrected chi connectivity index (χ1v) is 8.24. The summed E-state index contributed by atoms with van der Waals surface area (Å²) in [5.74, 6) is -1.57. The zero-order chi connectivity index (χ0) is 19.4. The standard InChI is InChI=1S/C22H16N2O3/c1-14-5-9-16(10-6-14)18-3-2-4-19(20(18)22(26)27)24-21(25)17-11-7-15(13-23)8-12-17/h2-12H,1H3,(H,24,25)(H,26,27). The highest BCUT2D eigenvalue weighted by atomic mass is 16.4. The minimum atomic E-state index is -1.12. The van der Waals surface area contributed by atoms with Gasteiger partial charge in [0.25, 0.3) is 5.91 Å². The number of anilines is 1. The first kappa shape index (κ1) is 17.9. The Bertz CT molecular complexity index is 1050. The maximum Gasteiger partial charge on any atom is 0.338 e. The minimum Gasteiger partial charge on any atom is -0.478 e. The summed E-state index contributed by atoms with van der Waals surface area (Å²) in [4.78, 5) is 24.4. The van der Waals surface area contributed by atoms with Crippen molar-refractivity contribution in [1.82, 2.24) is 0 Å². The Morgan fingerprint density at radius 1 is 0.963 bits per heavy atom. The molecule has 0 atom stereocenters. The molecule has 5 nitrogen and oxygen atoms in total. The molecule has 0 aliphatic carbocycles. The van der Waals surface area contributed by atoms with Gasteiger partial charge in [0, 0.05) is 5.56 Å². The van der Waals surface area contributed by atoms with E-state index in [2.05, 4.69) is 5.32 Å². The van der Waals surface area contributed by atoms with Crippen LogP contribution in [0.4, 0.5) is 5.69 Å². The molecule has 0 saturated heterocycles. The zero-order valence-electron chi connectivity index (χ0n) is 14.6. The number of rotatable bonds is 4. The molecule has 0 radical (unpaired) electrons. The summed E-state index contributed by atoms with van der Waals surface area (Å²) in [5.41, 5.74) is 3.39. The van der Waals surface area contributed by atoms with Gasteiger partial charge in [-0.2, -0.15) is 5.26 Å². The van der Waals surface area contributed by atoms with Crippen LogP contribution in [-0.2, 0) is 0 Å². The maximum atomic E-state index is 12.5. The number of carboxylic acid groups (broad SMARTS) is 1. The van der Waals surface area contributed by atoms with Crippen molar-refractivity contribution >= 4 is 17.6 Å². The number of carbonyl (C=O) groups excluding carboxylic acids is 1. The van der Waals surface area contributed by atoms with Gasteiger partial charge >= 0.3 is 5.97 Å². The molecule has 1 amide bonds. The number of hydrogen-bond acceptors (Lipinski definition) is 3. The Morgan fingerprint density at radius 3 is 2.22 bits per heavy atom. The van der Waals surface area contributed by atoms with Crippen LogP contribution in [0.2, 0.25) is 0 Å². The molecule has 0 saturated carbocycles. The molecule has 132 valence electrons. The molecule has 0 heterocycles. The Hall–Kier alpha value is -3.91. The van der Waals surface area contributed by atoms with Crippen LogP contribution in [0.25, 0.3) is 11.1 Å². The van der Waals surface area contributed by atoms with Crippen molar-refractivity contribution in [2.75, 3.05) is 5.32 Å². The van der Waals surface area contributed by atoms with Crippen LogP contribution >= 0.6 is 0 Å². The van der Waals surface area contributed by atoms with Crippen molar-refractivity contribution in [3.63, 3.8) is 0 Å². The van der Waals surface area contributed by atoms with E-state index in [0.29, 0.717) is 16.7 Å². The van der Waals surface area contributed by atoms with E-state index >= 15 is 0 Å². The van der Waals surface area contributed by atoms with E-state index in [9.17, 15) is 14.7 Å². The molecule has 0 spiro atoms. The number of amides is 1. The van der Waals surface area contributed by atoms with E-state index < -0.39 is 11.9 Å². The number of carboxylic acids is 1. The highest BCUT2D eigenvalue weighted by Crippen LogP contribution is 2.30. The number of benzene rings is 3. The lowest BCUT2D eigenvalue weighted by atomic mass is 9.97. The van der Waals surface area contributed by atoms with Crippen molar-refractivity contribution in [2.45, 2.75) is 6.92 Å². The molecule has 3 aromatic carbocycles. The SMILES string of the molecule is Cc1ccc(-c2cccc(NC(=O)c3ccc(C#N)cc3)c2C(=O)O)cc1. The van der Waals surface area contributed by atoms with Gasteiger partial charge in [-0.25, -0.2) is 4.79 Å². The van der Waals surface area contributed by atoms with Crippen LogP contribution in [0.5, 0.6) is 0 Å². The molecule has 3 rings (SSSR count). The van der Waals surface area contributed by atoms with Gasteiger partial charge in [-0.15, -0.1) is 0 Å². The molecular weight excluding hydrogens is 340 g/mol. The summed E-state index contributed by atoms with van der Waals surface area (Å²) in [6.45, 7) is 1.95. The predicted molar refractivity (Wildman–Crippen MR) is 103 cm³/mol. The minimum absolute atomic E-state index is 0.0309. The highest BCUT2D eigenvalue weighted by molar-refractivity contribution is 6.10. The fourth-order valence-electron chi connectivity index (χ4n) is 2.75. The largest absolute Gasteiger partial charge is 0.478 e. The lowest BCUT2D eigenvalue weighted by Crippen LogP contribution is -2.15. The summed E-state index contributed by atoms with van der Waals surface area (Å²) in [5, 5.41) is 21.2. The summed E-state index contributed by atoms with van der Waals surface area (Å²) in [6.07, 6.45) is 0. The fraction of sp³-hybridized carbons (Fsp3) is 0.0455. The van der Waals surface area contributed by atoms with Gasteiger partial charge in [0.05, 0.1) is 22.9 Å². The van der Waals surface area contributed by atoms with Crippen LogP contribution in [0.15, 0.2) is 66.7 Å². The predicted octanol–water partition coefficient (Wildman–Crippen LogP) is 4.48. The van der Waals surface area contributed by atoms with Gasteiger partial charge in [0.1, 0.15) is 0 Å². The molecule has 0 aliphatic heterocycles. The van der Waals surface area contributed by atoms with Gasteiger partial charge in [0.15, 0.2) is 0 Å². The Kier molecular flexibility index (Phi) is 5.00. The molecule has 0 unspecified atom stereocenters. The van der Waals surface area contributed by atoms with E-state index in [4.69, 9.17) is 5.26 Å². The van der Waals surface area contributed by atoms with Crippen LogP contribution < -0.4 is 5.32 Å². The third-order valence-electron chi connectivity index (χ3n) is 4.17. The number of aromatic carboxylic acids is 1. The van der Waals surface area contributed by atoms with E-state index in [-0.39, 0.29) is 11.3 Å². The second-order valence-electron chi connectivity index (χ2n) is 6.04. The lowest BCUT2D eigenvalue weighted by Gasteiger charge is -2.13. The molecule has 0 aromatic heterocycles. The van der Waals surface area contributed by atoms with E-state index in [0.717, 1.165) is 11.1 Å². The molecule has 5 heteroatoms. The average molecular weight is 356 g/mol. The van der Waals surface area contributed by atoms with Gasteiger partial charge in [0.2, 0.25) is 0 Å². The summed E-state index contributed by atoms with van der Waals surface area (Å²) in [7, 11) is 0. The molecule has 0 bridgehead atoms. The van der Waals surface area contributed by atoms with Crippen molar-refractivity contribution in [3.8, 4) is 17.2 Å². The summed E-state index contributed by atoms with van der Waals surface area (Å²) in [6, 6.07) is 20.6. The normalized spacial score (nSPS) is 10.1. The second-order valence-corrected chi connectivity index (χ2v) is 6.04. The second kappa shape index (κ2) is 7.54. The average Bonchev–Trinajstić information content (AvgIpc) is 2.68. The molecule has 2 N–H and O–H groups in total. The number of nitrogens with one attached hydrogen (secondary N) is 1. The first-order valence-electron chi connectivity index (χ1n) is 8.24. The van der Waals surface area contributed by atoms with Crippen molar-refractivity contribution in [2.24, 2.45) is 0 Å². The summed E-state index contributed by atoms with van der Waals surface area (Å²) < 4.78 is 0. The third-order valence-corrected chi connectivity index (χ3v) is 4.17. The number of carbonyl (C=O) groups is 2. The Labute approximate surface area is 156 Å². The topological polar surface area (TPSA) is 90.2 Å². The monoisotopic (exact) mass is 356 g/mol. The smallest absolute Gasteiger partial charge is 0.338 e. The van der Waals surface area contributed by atoms with Gasteiger partial charge in [-0.1, -0.05) is 42.0 Å². The van der Waals surface area contributed by atoms with E-state index in [1.165, 1.54) is 24.3 Å². The van der Waals surface area contributed by atoms with Crippen LogP contribution in [0, 0.1) is 18.3 Å². The van der Waals surface area contributed by atoms with Gasteiger partial charge in [-0.3, -0.25) is 4.79 Å². The summed E-state index contributed by atoms with van der Waals surface area (Å²) >= 11 is 0. The quantitative estimate of drug-likeness (QED) is 0.721. The van der Waals surface area contributed by atoms with Crippen LogP contribution in [0.1, 0.15) is 31.8 Å². The first-order chi connectivity index (χ1) is 13.0. The number of aryl methyl sites for hydroxylation is 1.